The Morgan fingerprint density at radius 2 is 1.97 bits per heavy atom. The first kappa shape index (κ1) is 21.2. The van der Waals surface area contributed by atoms with Crippen LogP contribution >= 0.6 is 0 Å². The van der Waals surface area contributed by atoms with Crippen molar-refractivity contribution in [2.24, 2.45) is 0 Å². The number of hydrogen-bond donors (Lipinski definition) is 2. The van der Waals surface area contributed by atoms with Crippen LogP contribution in [0.5, 0.6) is 11.5 Å². The molecule has 8 nitrogen and oxygen atoms in total. The maximum Gasteiger partial charge on any atom is 0.358 e. The number of Topliss-reactive ketones (excluding diaryl/α,β-unsaturated/α-hetero) is 1. The maximum atomic E-state index is 13.2. The number of aryl methyl sites for hydroxylation is 1. The highest BCUT2D eigenvalue weighted by Gasteiger charge is 2.25. The van der Waals surface area contributed by atoms with Crippen molar-refractivity contribution in [3.05, 3.63) is 57.1 Å². The second-order valence-corrected chi connectivity index (χ2v) is 6.79. The minimum atomic E-state index is -0.748. The molecule has 2 N–H and O–H groups in total. The van der Waals surface area contributed by atoms with E-state index >= 15 is 0 Å². The van der Waals surface area contributed by atoms with Crippen LogP contribution in [0.2, 0.25) is 0 Å². The van der Waals surface area contributed by atoms with Crippen LogP contribution in [0.1, 0.15) is 46.0 Å². The lowest BCUT2D eigenvalue weighted by atomic mass is 10.1. The van der Waals surface area contributed by atoms with Crippen LogP contribution in [0.4, 0.5) is 0 Å². The van der Waals surface area contributed by atoms with E-state index in [1.807, 2.05) is 6.92 Å². The molecule has 0 aliphatic carbocycles. The van der Waals surface area contributed by atoms with E-state index in [1.165, 1.54) is 11.7 Å². The predicted octanol–water partition coefficient (Wildman–Crippen LogP) is 2.97. The van der Waals surface area contributed by atoms with Gasteiger partial charge in [0, 0.05) is 11.3 Å². The summed E-state index contributed by atoms with van der Waals surface area (Å²) in [5, 5.41) is 10.5. The number of esters is 1. The minimum Gasteiger partial charge on any atom is -0.505 e. The third-order valence-electron chi connectivity index (χ3n) is 5.07. The summed E-state index contributed by atoms with van der Waals surface area (Å²) >= 11 is 0. The second-order valence-electron chi connectivity index (χ2n) is 6.79. The molecule has 0 atom stereocenters. The van der Waals surface area contributed by atoms with Gasteiger partial charge in [0.15, 0.2) is 17.2 Å². The molecule has 0 aliphatic rings. The number of benzene rings is 1. The van der Waals surface area contributed by atoms with Crippen LogP contribution < -0.4 is 10.3 Å². The summed E-state index contributed by atoms with van der Waals surface area (Å²) in [6.07, 6.45) is 0.483. The molecule has 0 amide bonds. The Morgan fingerprint density at radius 3 is 2.60 bits per heavy atom. The van der Waals surface area contributed by atoms with Gasteiger partial charge < -0.3 is 24.1 Å². The van der Waals surface area contributed by atoms with Crippen LogP contribution in [0, 0.1) is 6.92 Å². The largest absolute Gasteiger partial charge is 0.505 e. The average molecular weight is 412 g/mol. The minimum absolute atomic E-state index is 0.0359. The van der Waals surface area contributed by atoms with Gasteiger partial charge in [-0.25, -0.2) is 4.79 Å². The van der Waals surface area contributed by atoms with Crippen molar-refractivity contribution < 1.29 is 24.2 Å². The number of ketones is 1. The van der Waals surface area contributed by atoms with Gasteiger partial charge in [-0.2, -0.15) is 0 Å². The van der Waals surface area contributed by atoms with Crippen LogP contribution in [0.25, 0.3) is 10.9 Å². The summed E-state index contributed by atoms with van der Waals surface area (Å²) in [6.45, 7) is 5.22. The molecule has 0 spiro atoms. The molecule has 0 fully saturated rings. The van der Waals surface area contributed by atoms with Crippen LogP contribution in [0.15, 0.2) is 29.1 Å². The highest BCUT2D eigenvalue weighted by atomic mass is 16.5. The Kier molecular flexibility index (Phi) is 5.96. The molecule has 2 aromatic heterocycles. The van der Waals surface area contributed by atoms with Gasteiger partial charge in [0.2, 0.25) is 0 Å². The molecule has 30 heavy (non-hydrogen) atoms. The van der Waals surface area contributed by atoms with E-state index in [1.54, 1.807) is 38.1 Å². The monoisotopic (exact) mass is 412 g/mol. The van der Waals surface area contributed by atoms with E-state index in [0.717, 1.165) is 0 Å². The lowest BCUT2D eigenvalue weighted by molar-refractivity contribution is 0.0517. The number of aromatic amines is 1. The van der Waals surface area contributed by atoms with Crippen LogP contribution in [-0.4, -0.2) is 40.1 Å². The first-order valence-corrected chi connectivity index (χ1v) is 9.65. The average Bonchev–Trinajstić information content (AvgIpc) is 3.10. The molecule has 0 radical (unpaired) electrons. The van der Waals surface area contributed by atoms with Crippen molar-refractivity contribution in [1.82, 2.24) is 9.55 Å². The fourth-order valence-corrected chi connectivity index (χ4v) is 3.59. The molecule has 2 heterocycles. The summed E-state index contributed by atoms with van der Waals surface area (Å²) < 4.78 is 11.5. The summed E-state index contributed by atoms with van der Waals surface area (Å²) in [6, 6.07) is 6.69. The summed E-state index contributed by atoms with van der Waals surface area (Å²) in [7, 11) is 1.51. The second kappa shape index (κ2) is 8.44. The number of carbonyl (C=O) groups is 2. The molecular weight excluding hydrogens is 388 g/mol. The van der Waals surface area contributed by atoms with E-state index in [0.29, 0.717) is 34.5 Å². The smallest absolute Gasteiger partial charge is 0.358 e. The van der Waals surface area contributed by atoms with Gasteiger partial charge in [-0.1, -0.05) is 19.1 Å². The number of ether oxygens (including phenoxy) is 2. The van der Waals surface area contributed by atoms with E-state index < -0.39 is 17.3 Å². The third-order valence-corrected chi connectivity index (χ3v) is 5.07. The molecular formula is C22H24N2O6. The lowest BCUT2D eigenvalue weighted by Gasteiger charge is -2.15. The SMILES string of the molecule is CCOC(=O)c1[nH]c2c(C)c(CC)n(CC(=O)c3cccc(OC)c3)c(=O)c2c1O. The van der Waals surface area contributed by atoms with E-state index in [2.05, 4.69) is 4.98 Å². The van der Waals surface area contributed by atoms with Gasteiger partial charge in [-0.15, -0.1) is 0 Å². The molecule has 1 aromatic carbocycles. The van der Waals surface area contributed by atoms with Gasteiger partial charge in [0.25, 0.3) is 5.56 Å². The summed E-state index contributed by atoms with van der Waals surface area (Å²) in [5.41, 5.74) is 1.37. The fraction of sp³-hybridized carbons (Fsp3) is 0.318. The number of aromatic nitrogens is 2. The maximum absolute atomic E-state index is 13.2. The zero-order valence-electron chi connectivity index (χ0n) is 17.4. The van der Waals surface area contributed by atoms with Crippen LogP contribution in [0.3, 0.4) is 0 Å². The summed E-state index contributed by atoms with van der Waals surface area (Å²) in [4.78, 5) is 41.0. The zero-order valence-corrected chi connectivity index (χ0v) is 17.4. The Balaban J connectivity index is 2.15. The quantitative estimate of drug-likeness (QED) is 0.456. The van der Waals surface area contributed by atoms with Crippen LogP contribution in [-0.2, 0) is 17.7 Å². The molecule has 0 aliphatic heterocycles. The number of hydrogen-bond acceptors (Lipinski definition) is 6. The Morgan fingerprint density at radius 1 is 1.23 bits per heavy atom. The normalized spacial score (nSPS) is 10.9. The van der Waals surface area contributed by atoms with Crippen molar-refractivity contribution in [3.63, 3.8) is 0 Å². The molecule has 3 rings (SSSR count). The highest BCUT2D eigenvalue weighted by Crippen LogP contribution is 2.30. The van der Waals surface area contributed by atoms with Crippen molar-refractivity contribution in [3.8, 4) is 11.5 Å². The molecule has 158 valence electrons. The number of nitrogens with zero attached hydrogens (tertiary/aromatic N) is 1. The van der Waals surface area contributed by atoms with Crippen molar-refractivity contribution in [1.29, 1.82) is 0 Å². The summed E-state index contributed by atoms with van der Waals surface area (Å²) in [5.74, 6) is -0.952. The molecule has 0 bridgehead atoms. The molecule has 0 unspecified atom stereocenters. The topological polar surface area (TPSA) is 111 Å². The third kappa shape index (κ3) is 3.56. The predicted molar refractivity (Wildman–Crippen MR) is 112 cm³/mol. The Bertz CT molecular complexity index is 1190. The molecule has 3 aromatic rings. The number of fused-ring (bicyclic) bond motifs is 1. The zero-order chi connectivity index (χ0) is 22.0. The number of pyridine rings is 1. The first-order chi connectivity index (χ1) is 14.3. The Labute approximate surface area is 173 Å². The number of carbonyl (C=O) groups excluding carboxylic acids is 2. The Hall–Kier alpha value is -3.55. The number of nitrogens with one attached hydrogen (secondary N) is 1. The van der Waals surface area contributed by atoms with Gasteiger partial charge >= 0.3 is 5.97 Å². The van der Waals surface area contributed by atoms with Crippen molar-refractivity contribution in [2.45, 2.75) is 33.7 Å². The van der Waals surface area contributed by atoms with Crippen molar-refractivity contribution >= 4 is 22.7 Å². The number of H-pyrrole nitrogens is 1. The van der Waals surface area contributed by atoms with Gasteiger partial charge in [-0.05, 0) is 38.0 Å². The first-order valence-electron chi connectivity index (χ1n) is 9.65. The van der Waals surface area contributed by atoms with E-state index in [9.17, 15) is 19.5 Å². The van der Waals surface area contributed by atoms with E-state index in [-0.39, 0.29) is 30.0 Å². The highest BCUT2D eigenvalue weighted by molar-refractivity contribution is 6.02. The van der Waals surface area contributed by atoms with E-state index in [4.69, 9.17) is 9.47 Å². The van der Waals surface area contributed by atoms with Gasteiger partial charge in [0.05, 0.1) is 25.8 Å². The molecule has 0 saturated carbocycles. The standard InChI is InChI=1S/C22H24N2O6/c1-5-15-12(3)18-17(20(26)19(23-18)22(28)30-6-2)21(27)24(15)11-16(25)13-8-7-9-14(10-13)29-4/h7-10,23,26H,5-6,11H2,1-4H3. The molecule has 8 heteroatoms. The van der Waals surface area contributed by atoms with Gasteiger partial charge in [-0.3, -0.25) is 9.59 Å². The molecule has 0 saturated heterocycles. The lowest BCUT2D eigenvalue weighted by Crippen LogP contribution is -2.28. The number of aromatic hydroxyl groups is 1. The number of rotatable bonds is 7. The van der Waals surface area contributed by atoms with Crippen molar-refractivity contribution in [2.75, 3.05) is 13.7 Å². The van der Waals surface area contributed by atoms with Gasteiger partial charge in [0.1, 0.15) is 11.1 Å². The number of methoxy groups -OCH3 is 1. The fourth-order valence-electron chi connectivity index (χ4n) is 3.59.